The Kier molecular flexibility index (Phi) is 6.17. The van der Waals surface area contributed by atoms with Crippen molar-refractivity contribution in [3.8, 4) is 0 Å². The molecule has 6 nitrogen and oxygen atoms in total. The summed E-state index contributed by atoms with van der Waals surface area (Å²) in [5.41, 5.74) is 2.67. The van der Waals surface area contributed by atoms with E-state index >= 15 is 0 Å². The van der Waals surface area contributed by atoms with E-state index in [1.54, 1.807) is 19.2 Å². The van der Waals surface area contributed by atoms with E-state index in [0.29, 0.717) is 11.3 Å². The third kappa shape index (κ3) is 4.79. The van der Waals surface area contributed by atoms with Crippen LogP contribution >= 0.6 is 0 Å². The average molecular weight is 402 g/mol. The predicted octanol–water partition coefficient (Wildman–Crippen LogP) is 2.70. The first kappa shape index (κ1) is 20.5. The molecule has 0 spiro atoms. The van der Waals surface area contributed by atoms with Gasteiger partial charge in [-0.25, -0.2) is 13.6 Å². The average Bonchev–Trinajstić information content (AvgIpc) is 2.67. The fourth-order valence-corrected chi connectivity index (χ4v) is 4.56. The van der Waals surface area contributed by atoms with Crippen LogP contribution in [0.5, 0.6) is 0 Å². The van der Waals surface area contributed by atoms with Gasteiger partial charge in [-0.05, 0) is 61.2 Å². The Labute approximate surface area is 167 Å². The zero-order valence-corrected chi connectivity index (χ0v) is 17.2. The van der Waals surface area contributed by atoms with Crippen LogP contribution in [0.15, 0.2) is 53.4 Å². The lowest BCUT2D eigenvalue weighted by Crippen LogP contribution is -2.33. The highest BCUT2D eigenvalue weighted by Crippen LogP contribution is 2.35. The minimum atomic E-state index is -3.82. The molecule has 0 aliphatic carbocycles. The van der Waals surface area contributed by atoms with Crippen molar-refractivity contribution >= 4 is 21.6 Å². The first-order valence-corrected chi connectivity index (χ1v) is 11.0. The number of nitrogens with two attached hydrogens (primary N) is 1. The van der Waals surface area contributed by atoms with Crippen LogP contribution in [0.4, 0.5) is 5.69 Å². The molecule has 0 atom stereocenters. The topological polar surface area (TPSA) is 83.7 Å². The van der Waals surface area contributed by atoms with E-state index in [4.69, 9.17) is 5.14 Å². The SMILES string of the molecule is CC(=O)N(C)c1ccc(S(N)(=O)=O)c(C2CCN(Cc3ccccc3)CC2)c1. The van der Waals surface area contributed by atoms with Gasteiger partial charge >= 0.3 is 0 Å². The van der Waals surface area contributed by atoms with Gasteiger partial charge in [0.25, 0.3) is 0 Å². The molecule has 1 amide bonds. The van der Waals surface area contributed by atoms with E-state index < -0.39 is 10.0 Å². The van der Waals surface area contributed by atoms with Crippen molar-refractivity contribution in [2.45, 2.75) is 37.1 Å². The highest BCUT2D eigenvalue weighted by Gasteiger charge is 2.26. The number of amides is 1. The van der Waals surface area contributed by atoms with Gasteiger partial charge in [-0.2, -0.15) is 0 Å². The molecule has 3 rings (SSSR count). The van der Waals surface area contributed by atoms with Crippen molar-refractivity contribution in [3.05, 3.63) is 59.7 Å². The summed E-state index contributed by atoms with van der Waals surface area (Å²) < 4.78 is 24.2. The largest absolute Gasteiger partial charge is 0.316 e. The second kappa shape index (κ2) is 8.43. The van der Waals surface area contributed by atoms with Gasteiger partial charge in [-0.3, -0.25) is 9.69 Å². The van der Waals surface area contributed by atoms with E-state index in [1.807, 2.05) is 18.2 Å². The molecular weight excluding hydrogens is 374 g/mol. The zero-order chi connectivity index (χ0) is 20.3. The zero-order valence-electron chi connectivity index (χ0n) is 16.3. The van der Waals surface area contributed by atoms with Gasteiger partial charge in [0, 0.05) is 26.2 Å². The summed E-state index contributed by atoms with van der Waals surface area (Å²) in [6, 6.07) is 15.3. The van der Waals surface area contributed by atoms with E-state index in [2.05, 4.69) is 17.0 Å². The molecule has 0 unspecified atom stereocenters. The van der Waals surface area contributed by atoms with Crippen LogP contribution in [0.1, 0.15) is 36.8 Å². The molecular formula is C21H27N3O3S. The maximum absolute atomic E-state index is 12.1. The monoisotopic (exact) mass is 401 g/mol. The predicted molar refractivity (Wildman–Crippen MR) is 111 cm³/mol. The summed E-state index contributed by atoms with van der Waals surface area (Å²) in [6.45, 7) is 4.14. The van der Waals surface area contributed by atoms with E-state index in [1.165, 1.54) is 23.5 Å². The maximum Gasteiger partial charge on any atom is 0.238 e. The normalized spacial score (nSPS) is 16.1. The summed E-state index contributed by atoms with van der Waals surface area (Å²) >= 11 is 0. The number of carbonyl (C=O) groups excluding carboxylic acids is 1. The van der Waals surface area contributed by atoms with Crippen LogP contribution < -0.4 is 10.0 Å². The molecule has 0 saturated carbocycles. The fourth-order valence-electron chi connectivity index (χ4n) is 3.75. The maximum atomic E-state index is 12.1. The molecule has 0 aromatic heterocycles. The summed E-state index contributed by atoms with van der Waals surface area (Å²) in [5.74, 6) is -0.00681. The molecule has 1 heterocycles. The second-order valence-electron chi connectivity index (χ2n) is 7.38. The van der Waals surface area contributed by atoms with Gasteiger partial charge in [0.1, 0.15) is 0 Å². The van der Waals surface area contributed by atoms with Crippen LogP contribution in [0.3, 0.4) is 0 Å². The number of rotatable bonds is 5. The van der Waals surface area contributed by atoms with E-state index in [0.717, 1.165) is 32.5 Å². The number of carbonyl (C=O) groups is 1. The lowest BCUT2D eigenvalue weighted by molar-refractivity contribution is -0.116. The van der Waals surface area contributed by atoms with Gasteiger partial charge in [0.15, 0.2) is 0 Å². The highest BCUT2D eigenvalue weighted by atomic mass is 32.2. The molecule has 2 aromatic rings. The third-order valence-corrected chi connectivity index (χ3v) is 6.42. The van der Waals surface area contributed by atoms with E-state index in [-0.39, 0.29) is 16.7 Å². The van der Waals surface area contributed by atoms with Crippen LogP contribution in [-0.2, 0) is 21.4 Å². The number of piperidine rings is 1. The highest BCUT2D eigenvalue weighted by molar-refractivity contribution is 7.89. The lowest BCUT2D eigenvalue weighted by Gasteiger charge is -2.33. The molecule has 0 bridgehead atoms. The molecule has 2 aromatic carbocycles. The van der Waals surface area contributed by atoms with Crippen molar-refractivity contribution in [2.24, 2.45) is 5.14 Å². The molecule has 0 radical (unpaired) electrons. The van der Waals surface area contributed by atoms with Gasteiger partial charge in [-0.15, -0.1) is 0 Å². The number of benzene rings is 2. The Morgan fingerprint density at radius 3 is 2.36 bits per heavy atom. The minimum absolute atomic E-state index is 0.0978. The number of hydrogen-bond donors (Lipinski definition) is 1. The van der Waals surface area contributed by atoms with Crippen LogP contribution in [0.2, 0.25) is 0 Å². The lowest BCUT2D eigenvalue weighted by atomic mass is 9.89. The molecule has 1 aliphatic rings. The standard InChI is InChI=1S/C21H27N3O3S/c1-16(25)23(2)19-8-9-21(28(22,26)27)20(14-19)18-10-12-24(13-11-18)15-17-6-4-3-5-7-17/h3-9,14,18H,10-13,15H2,1-2H3,(H2,22,26,27). The van der Waals surface area contributed by atoms with Crippen molar-refractivity contribution < 1.29 is 13.2 Å². The number of sulfonamides is 1. The number of hydrogen-bond acceptors (Lipinski definition) is 4. The molecule has 28 heavy (non-hydrogen) atoms. The number of primary sulfonamides is 1. The Morgan fingerprint density at radius 2 is 1.79 bits per heavy atom. The number of anilines is 1. The summed E-state index contributed by atoms with van der Waals surface area (Å²) in [6.07, 6.45) is 1.70. The molecule has 1 fully saturated rings. The molecule has 1 aliphatic heterocycles. The van der Waals surface area contributed by atoms with Crippen molar-refractivity contribution in [1.82, 2.24) is 4.90 Å². The minimum Gasteiger partial charge on any atom is -0.316 e. The molecule has 1 saturated heterocycles. The summed E-state index contributed by atoms with van der Waals surface area (Å²) in [7, 11) is -2.14. The number of likely N-dealkylation sites (tertiary alicyclic amines) is 1. The Balaban J connectivity index is 1.80. The molecule has 2 N–H and O–H groups in total. The Bertz CT molecular complexity index is 937. The quantitative estimate of drug-likeness (QED) is 0.835. The van der Waals surface area contributed by atoms with Crippen molar-refractivity contribution in [1.29, 1.82) is 0 Å². The first-order chi connectivity index (χ1) is 13.3. The summed E-state index contributed by atoms with van der Waals surface area (Å²) in [5, 5.41) is 5.46. The summed E-state index contributed by atoms with van der Waals surface area (Å²) in [4.78, 5) is 15.8. The van der Waals surface area contributed by atoms with Gasteiger partial charge in [-0.1, -0.05) is 30.3 Å². The van der Waals surface area contributed by atoms with Gasteiger partial charge in [0.05, 0.1) is 4.90 Å². The first-order valence-electron chi connectivity index (χ1n) is 9.43. The second-order valence-corrected chi connectivity index (χ2v) is 8.91. The Hall–Kier alpha value is -2.22. The smallest absolute Gasteiger partial charge is 0.238 e. The van der Waals surface area contributed by atoms with Gasteiger partial charge in [0.2, 0.25) is 15.9 Å². The number of nitrogens with zero attached hydrogens (tertiary/aromatic N) is 2. The van der Waals surface area contributed by atoms with Crippen LogP contribution in [0.25, 0.3) is 0 Å². The third-order valence-electron chi connectivity index (χ3n) is 5.44. The van der Waals surface area contributed by atoms with Crippen LogP contribution in [0, 0.1) is 0 Å². The fraction of sp³-hybridized carbons (Fsp3) is 0.381. The van der Waals surface area contributed by atoms with E-state index in [9.17, 15) is 13.2 Å². The van der Waals surface area contributed by atoms with Gasteiger partial charge < -0.3 is 4.90 Å². The van der Waals surface area contributed by atoms with Crippen LogP contribution in [-0.4, -0.2) is 39.4 Å². The molecule has 7 heteroatoms. The Morgan fingerprint density at radius 1 is 1.14 bits per heavy atom. The van der Waals surface area contributed by atoms with Crippen molar-refractivity contribution in [2.75, 3.05) is 25.0 Å². The molecule has 150 valence electrons. The van der Waals surface area contributed by atoms with Crippen molar-refractivity contribution in [3.63, 3.8) is 0 Å².